The normalized spacial score (nSPS) is 10.3. The van der Waals surface area contributed by atoms with E-state index >= 15 is 0 Å². The van der Waals surface area contributed by atoms with Crippen molar-refractivity contribution in [1.82, 2.24) is 0 Å². The highest BCUT2D eigenvalue weighted by Crippen LogP contribution is 2.25. The van der Waals surface area contributed by atoms with Crippen LogP contribution in [0.3, 0.4) is 0 Å². The first-order valence-corrected chi connectivity index (χ1v) is 8.77. The second kappa shape index (κ2) is 8.82. The van der Waals surface area contributed by atoms with Crippen LogP contribution in [0, 0.1) is 10.1 Å². The van der Waals surface area contributed by atoms with Crippen molar-refractivity contribution >= 4 is 29.0 Å². The van der Waals surface area contributed by atoms with Gasteiger partial charge in [0.25, 0.3) is 11.6 Å². The Kier molecular flexibility index (Phi) is 6.02. The molecule has 0 atom stereocenters. The number of carbonyl (C=O) groups is 3. The van der Waals surface area contributed by atoms with E-state index in [0.717, 1.165) is 0 Å². The van der Waals surface area contributed by atoms with Gasteiger partial charge in [0.15, 0.2) is 12.4 Å². The van der Waals surface area contributed by atoms with Crippen molar-refractivity contribution in [2.75, 3.05) is 11.9 Å². The van der Waals surface area contributed by atoms with Crippen molar-refractivity contribution in [1.29, 1.82) is 0 Å². The molecule has 0 aliphatic heterocycles. The molecule has 1 heterocycles. The van der Waals surface area contributed by atoms with Crippen molar-refractivity contribution in [3.63, 3.8) is 0 Å². The molecule has 1 amide bonds. The molecule has 1 N–H and O–H groups in total. The van der Waals surface area contributed by atoms with E-state index in [1.54, 1.807) is 24.3 Å². The van der Waals surface area contributed by atoms with Crippen LogP contribution in [-0.2, 0) is 9.53 Å². The number of non-ortho nitro benzene ring substituents is 1. The Morgan fingerprint density at radius 1 is 1.03 bits per heavy atom. The minimum atomic E-state index is -0.849. The molecular formula is C21H16N2O7. The first-order chi connectivity index (χ1) is 14.3. The predicted molar refractivity (Wildman–Crippen MR) is 106 cm³/mol. The largest absolute Gasteiger partial charge is 0.450 e. The van der Waals surface area contributed by atoms with E-state index in [0.29, 0.717) is 22.6 Å². The zero-order chi connectivity index (χ0) is 21.7. The molecule has 0 radical (unpaired) electrons. The number of amides is 1. The lowest BCUT2D eigenvalue weighted by Crippen LogP contribution is -2.21. The van der Waals surface area contributed by atoms with Crippen LogP contribution in [0.4, 0.5) is 11.4 Å². The standard InChI is InChI=1S/C21H16N2O7/c1-13(24)16-4-2-3-5-17(16)22-20(25)12-29-21(26)19-11-10-18(30-19)14-6-8-15(9-7-14)23(27)28/h2-11H,12H2,1H3,(H,22,25). The molecule has 0 spiro atoms. The monoisotopic (exact) mass is 408 g/mol. The van der Waals surface area contributed by atoms with Crippen LogP contribution in [-0.4, -0.2) is 29.2 Å². The van der Waals surface area contributed by atoms with E-state index in [1.807, 2.05) is 0 Å². The van der Waals surface area contributed by atoms with E-state index < -0.39 is 23.4 Å². The molecule has 0 bridgehead atoms. The summed E-state index contributed by atoms with van der Waals surface area (Å²) in [6.07, 6.45) is 0. The summed E-state index contributed by atoms with van der Waals surface area (Å²) in [6, 6.07) is 15.0. The van der Waals surface area contributed by atoms with Gasteiger partial charge in [0, 0.05) is 23.3 Å². The van der Waals surface area contributed by atoms with E-state index in [2.05, 4.69) is 5.32 Å². The number of anilines is 1. The first-order valence-electron chi connectivity index (χ1n) is 8.77. The minimum absolute atomic E-state index is 0.0673. The van der Waals surface area contributed by atoms with E-state index in [1.165, 1.54) is 43.3 Å². The summed E-state index contributed by atoms with van der Waals surface area (Å²) >= 11 is 0. The first kappa shape index (κ1) is 20.5. The van der Waals surface area contributed by atoms with Gasteiger partial charge in [0.2, 0.25) is 5.76 Å². The summed E-state index contributed by atoms with van der Waals surface area (Å²) in [5.41, 5.74) is 1.14. The number of Topliss-reactive ketones (excluding diaryl/α,β-unsaturated/α-hetero) is 1. The van der Waals surface area contributed by atoms with E-state index in [9.17, 15) is 24.5 Å². The number of hydrogen-bond acceptors (Lipinski definition) is 7. The number of benzene rings is 2. The van der Waals surface area contributed by atoms with Crippen molar-refractivity contribution in [3.05, 3.63) is 82.1 Å². The highest BCUT2D eigenvalue weighted by atomic mass is 16.6. The summed E-state index contributed by atoms with van der Waals surface area (Å²) in [7, 11) is 0. The second-order valence-electron chi connectivity index (χ2n) is 6.19. The third-order valence-corrected chi connectivity index (χ3v) is 4.08. The molecule has 9 heteroatoms. The minimum Gasteiger partial charge on any atom is -0.450 e. The van der Waals surface area contributed by atoms with Crippen LogP contribution in [0.2, 0.25) is 0 Å². The number of furan rings is 1. The Hall–Kier alpha value is -4.27. The number of nitrogens with zero attached hydrogens (tertiary/aromatic N) is 1. The van der Waals surface area contributed by atoms with E-state index in [-0.39, 0.29) is 17.2 Å². The Morgan fingerprint density at radius 2 is 1.73 bits per heavy atom. The molecule has 0 aliphatic carbocycles. The zero-order valence-corrected chi connectivity index (χ0v) is 15.8. The molecule has 3 aromatic rings. The van der Waals surface area contributed by atoms with Crippen LogP contribution < -0.4 is 5.32 Å². The fraction of sp³-hybridized carbons (Fsp3) is 0.0952. The average molecular weight is 408 g/mol. The van der Waals surface area contributed by atoms with E-state index in [4.69, 9.17) is 9.15 Å². The molecule has 1 aromatic heterocycles. The quantitative estimate of drug-likeness (QED) is 0.272. The smallest absolute Gasteiger partial charge is 0.374 e. The van der Waals surface area contributed by atoms with Crippen LogP contribution >= 0.6 is 0 Å². The number of nitro groups is 1. The van der Waals surface area contributed by atoms with Gasteiger partial charge in [-0.05, 0) is 43.3 Å². The fourth-order valence-electron chi connectivity index (χ4n) is 2.64. The molecule has 0 unspecified atom stereocenters. The van der Waals surface area contributed by atoms with Gasteiger partial charge in [0.1, 0.15) is 5.76 Å². The summed E-state index contributed by atoms with van der Waals surface area (Å²) < 4.78 is 10.4. The third-order valence-electron chi connectivity index (χ3n) is 4.08. The lowest BCUT2D eigenvalue weighted by Gasteiger charge is -2.09. The molecule has 152 valence electrons. The Labute approximate surface area is 170 Å². The molecule has 0 saturated heterocycles. The van der Waals surface area contributed by atoms with Crippen LogP contribution in [0.15, 0.2) is 65.1 Å². The van der Waals surface area contributed by atoms with Gasteiger partial charge in [-0.1, -0.05) is 12.1 Å². The lowest BCUT2D eigenvalue weighted by molar-refractivity contribution is -0.384. The van der Waals surface area contributed by atoms with Crippen molar-refractivity contribution in [2.45, 2.75) is 6.92 Å². The van der Waals surface area contributed by atoms with Crippen molar-refractivity contribution < 1.29 is 28.5 Å². The van der Waals surface area contributed by atoms with Crippen LogP contribution in [0.1, 0.15) is 27.8 Å². The van der Waals surface area contributed by atoms with Gasteiger partial charge < -0.3 is 14.5 Å². The number of esters is 1. The van der Waals surface area contributed by atoms with Gasteiger partial charge in [-0.25, -0.2) is 4.79 Å². The maximum Gasteiger partial charge on any atom is 0.374 e. The highest BCUT2D eigenvalue weighted by molar-refractivity contribution is 6.04. The summed E-state index contributed by atoms with van der Waals surface area (Å²) in [5, 5.41) is 13.2. The summed E-state index contributed by atoms with van der Waals surface area (Å²) in [6.45, 7) is 0.809. The highest BCUT2D eigenvalue weighted by Gasteiger charge is 2.17. The number of hydrogen-bond donors (Lipinski definition) is 1. The average Bonchev–Trinajstić information content (AvgIpc) is 3.22. The summed E-state index contributed by atoms with van der Waals surface area (Å²) in [5.74, 6) is -1.48. The van der Waals surface area contributed by atoms with Gasteiger partial charge in [0.05, 0.1) is 10.6 Å². The van der Waals surface area contributed by atoms with Crippen molar-refractivity contribution in [2.24, 2.45) is 0 Å². The number of ketones is 1. The summed E-state index contributed by atoms with van der Waals surface area (Å²) in [4.78, 5) is 46.0. The van der Waals surface area contributed by atoms with Gasteiger partial charge in [-0.15, -0.1) is 0 Å². The number of nitrogens with one attached hydrogen (secondary N) is 1. The van der Waals surface area contributed by atoms with Gasteiger partial charge >= 0.3 is 5.97 Å². The molecule has 30 heavy (non-hydrogen) atoms. The second-order valence-corrected chi connectivity index (χ2v) is 6.19. The number of rotatable bonds is 7. The Morgan fingerprint density at radius 3 is 2.40 bits per heavy atom. The fourth-order valence-corrected chi connectivity index (χ4v) is 2.64. The topological polar surface area (TPSA) is 129 Å². The SMILES string of the molecule is CC(=O)c1ccccc1NC(=O)COC(=O)c1ccc(-c2ccc([N+](=O)[O-])cc2)o1. The number of nitro benzene ring substituents is 1. The number of carbonyl (C=O) groups excluding carboxylic acids is 3. The molecule has 0 aliphatic rings. The predicted octanol–water partition coefficient (Wildman–Crippen LogP) is 3.85. The third kappa shape index (κ3) is 4.76. The van der Waals surface area contributed by atoms with Gasteiger partial charge in [-0.2, -0.15) is 0 Å². The molecule has 9 nitrogen and oxygen atoms in total. The maximum atomic E-state index is 12.1. The molecule has 0 fully saturated rings. The van der Waals surface area contributed by atoms with Crippen LogP contribution in [0.25, 0.3) is 11.3 Å². The lowest BCUT2D eigenvalue weighted by atomic mass is 10.1. The number of para-hydroxylation sites is 1. The zero-order valence-electron chi connectivity index (χ0n) is 15.8. The number of ether oxygens (including phenoxy) is 1. The van der Waals surface area contributed by atoms with Crippen LogP contribution in [0.5, 0.6) is 0 Å². The van der Waals surface area contributed by atoms with Crippen molar-refractivity contribution in [3.8, 4) is 11.3 Å². The molecule has 3 rings (SSSR count). The molecule has 2 aromatic carbocycles. The molecular weight excluding hydrogens is 392 g/mol. The Bertz CT molecular complexity index is 1120. The van der Waals surface area contributed by atoms with Gasteiger partial charge in [-0.3, -0.25) is 19.7 Å². The maximum absolute atomic E-state index is 12.1. The molecule has 0 saturated carbocycles. The Balaban J connectivity index is 1.60.